The average molecular weight is 618 g/mol. The topological polar surface area (TPSA) is 132 Å². The number of hydrogen-bond acceptors (Lipinski definition) is 6. The number of benzene rings is 1. The number of nitrogens with one attached hydrogen (secondary N) is 3. The van der Waals surface area contributed by atoms with Crippen molar-refractivity contribution in [2.75, 3.05) is 38.7 Å². The fraction of sp³-hybridized carbons (Fsp3) is 0.727. The first kappa shape index (κ1) is 35.4. The van der Waals surface area contributed by atoms with Crippen molar-refractivity contribution < 1.29 is 29.0 Å². The summed E-state index contributed by atoms with van der Waals surface area (Å²) in [4.78, 5) is 43.0. The lowest BCUT2D eigenvalue weighted by atomic mass is 9.96. The third-order valence-corrected chi connectivity index (χ3v) is 8.46. The molecule has 4 atom stereocenters. The summed E-state index contributed by atoms with van der Waals surface area (Å²) in [6, 6.07) is 4.36. The molecule has 2 aliphatic rings. The molecule has 0 saturated heterocycles. The van der Waals surface area contributed by atoms with Gasteiger partial charge < -0.3 is 40.3 Å². The van der Waals surface area contributed by atoms with Gasteiger partial charge in [-0.1, -0.05) is 26.2 Å². The third kappa shape index (κ3) is 10.8. The lowest BCUT2D eigenvalue weighted by Gasteiger charge is -2.36. The van der Waals surface area contributed by atoms with Crippen LogP contribution >= 0.6 is 0 Å². The van der Waals surface area contributed by atoms with Gasteiger partial charge in [0.05, 0.1) is 30.4 Å². The molecule has 0 spiro atoms. The fourth-order valence-corrected chi connectivity index (χ4v) is 5.77. The largest absolute Gasteiger partial charge is 0.490 e. The molecule has 1 aliphatic carbocycles. The maximum atomic E-state index is 14.3. The molecule has 0 aromatic heterocycles. The van der Waals surface area contributed by atoms with Crippen LogP contribution in [-0.2, 0) is 4.74 Å². The van der Waals surface area contributed by atoms with Crippen LogP contribution in [0.2, 0.25) is 0 Å². The van der Waals surface area contributed by atoms with Crippen molar-refractivity contribution in [2.24, 2.45) is 5.92 Å². The maximum Gasteiger partial charge on any atom is 0.319 e. The number of carbonyl (C=O) groups excluding carboxylic acids is 3. The van der Waals surface area contributed by atoms with Gasteiger partial charge in [0.25, 0.3) is 5.91 Å². The Kier molecular flexibility index (Phi) is 14.0. The van der Waals surface area contributed by atoms with Crippen molar-refractivity contribution in [2.45, 2.75) is 116 Å². The van der Waals surface area contributed by atoms with Crippen LogP contribution in [0.3, 0.4) is 0 Å². The monoisotopic (exact) mass is 617 g/mol. The van der Waals surface area contributed by atoms with Crippen molar-refractivity contribution in [1.82, 2.24) is 20.4 Å². The first-order valence-corrected chi connectivity index (χ1v) is 16.4. The Morgan fingerprint density at radius 2 is 1.77 bits per heavy atom. The number of fused-ring (bicyclic) bond motifs is 1. The molecular formula is C33H55N5O6. The SMILES string of the molecule is CC(C)NC(=O)N(C)C[C@H]1OCCCC[C@H](C)Oc2ccc(NC(=O)NC3CCCCC3)cc2C(=O)N([C@@H](C)CO)C[C@H]1C. The van der Waals surface area contributed by atoms with E-state index in [9.17, 15) is 19.5 Å². The van der Waals surface area contributed by atoms with Crippen LogP contribution in [0.4, 0.5) is 15.3 Å². The van der Waals surface area contributed by atoms with Crippen molar-refractivity contribution in [1.29, 1.82) is 0 Å². The summed E-state index contributed by atoms with van der Waals surface area (Å²) < 4.78 is 12.6. The number of nitrogens with zero attached hydrogens (tertiary/aromatic N) is 2. The summed E-state index contributed by atoms with van der Waals surface area (Å²) >= 11 is 0. The first-order valence-electron chi connectivity index (χ1n) is 16.4. The van der Waals surface area contributed by atoms with Crippen LogP contribution in [0.15, 0.2) is 18.2 Å². The van der Waals surface area contributed by atoms with E-state index in [1.165, 1.54) is 6.42 Å². The summed E-state index contributed by atoms with van der Waals surface area (Å²) in [5.74, 6) is -0.0202. The molecule has 1 aromatic rings. The lowest BCUT2D eigenvalue weighted by Crippen LogP contribution is -2.49. The Balaban J connectivity index is 1.88. The van der Waals surface area contributed by atoms with Gasteiger partial charge in [0.2, 0.25) is 0 Å². The second-order valence-electron chi connectivity index (χ2n) is 12.9. The molecule has 1 aromatic carbocycles. The summed E-state index contributed by atoms with van der Waals surface area (Å²) in [6.07, 6.45) is 7.36. The fourth-order valence-electron chi connectivity index (χ4n) is 5.77. The molecule has 44 heavy (non-hydrogen) atoms. The highest BCUT2D eigenvalue weighted by molar-refractivity contribution is 5.99. The van der Waals surface area contributed by atoms with Gasteiger partial charge >= 0.3 is 12.1 Å². The predicted octanol–water partition coefficient (Wildman–Crippen LogP) is 4.99. The number of aliphatic hydroxyl groups excluding tert-OH is 1. The number of urea groups is 2. The van der Waals surface area contributed by atoms with E-state index in [1.807, 2.05) is 27.7 Å². The van der Waals surface area contributed by atoms with Gasteiger partial charge in [-0.3, -0.25) is 4.79 Å². The molecule has 11 nitrogen and oxygen atoms in total. The predicted molar refractivity (Wildman–Crippen MR) is 172 cm³/mol. The summed E-state index contributed by atoms with van der Waals surface area (Å²) in [5.41, 5.74) is 0.814. The average Bonchev–Trinajstić information content (AvgIpc) is 2.98. The van der Waals surface area contributed by atoms with E-state index in [-0.39, 0.29) is 54.8 Å². The van der Waals surface area contributed by atoms with E-state index in [0.717, 1.165) is 44.9 Å². The highest BCUT2D eigenvalue weighted by Gasteiger charge is 2.31. The summed E-state index contributed by atoms with van der Waals surface area (Å²) in [7, 11) is 1.74. The van der Waals surface area contributed by atoms with E-state index in [1.54, 1.807) is 42.0 Å². The number of aliphatic hydroxyl groups is 1. The smallest absolute Gasteiger partial charge is 0.319 e. The van der Waals surface area contributed by atoms with E-state index >= 15 is 0 Å². The minimum Gasteiger partial charge on any atom is -0.490 e. The van der Waals surface area contributed by atoms with Gasteiger partial charge in [0.1, 0.15) is 5.75 Å². The second kappa shape index (κ2) is 17.4. The molecule has 1 saturated carbocycles. The van der Waals surface area contributed by atoms with Crippen LogP contribution in [0.25, 0.3) is 0 Å². The van der Waals surface area contributed by atoms with Gasteiger partial charge in [-0.25, -0.2) is 9.59 Å². The molecule has 3 rings (SSSR count). The number of ether oxygens (including phenoxy) is 2. The molecule has 11 heteroatoms. The Labute approximate surface area is 263 Å². The number of anilines is 1. The molecule has 0 radical (unpaired) electrons. The van der Waals surface area contributed by atoms with Crippen LogP contribution in [0, 0.1) is 5.92 Å². The van der Waals surface area contributed by atoms with Gasteiger partial charge in [-0.15, -0.1) is 0 Å². The van der Waals surface area contributed by atoms with Crippen LogP contribution < -0.4 is 20.7 Å². The number of rotatable bonds is 7. The lowest BCUT2D eigenvalue weighted by molar-refractivity contribution is -0.0122. The number of carbonyl (C=O) groups is 3. The maximum absolute atomic E-state index is 14.3. The van der Waals surface area contributed by atoms with Gasteiger partial charge in [-0.05, 0) is 78.0 Å². The quantitative estimate of drug-likeness (QED) is 0.341. The number of likely N-dealkylation sites (N-methyl/N-ethyl adjacent to an activating group) is 1. The standard InChI is InChI=1S/C33H55N5O6/c1-22(2)34-33(42)37(6)20-30-23(3)19-38(24(4)21-39)31(40)28-18-27(36-32(41)35-26-13-8-7-9-14-26)15-16-29(28)44-25(5)12-10-11-17-43-30/h15-16,18,22-26,30,39H,7-14,17,19-21H2,1-6H3,(H,34,42)(H2,35,36,41)/t23-,24+,25+,30-/m1/s1. The highest BCUT2D eigenvalue weighted by Crippen LogP contribution is 2.29. The first-order chi connectivity index (χ1) is 21.0. The summed E-state index contributed by atoms with van der Waals surface area (Å²) in [6.45, 7) is 10.6. The van der Waals surface area contributed by atoms with Crippen LogP contribution in [0.1, 0.15) is 96.3 Å². The van der Waals surface area contributed by atoms with Crippen molar-refractivity contribution >= 4 is 23.7 Å². The Bertz CT molecular complexity index is 1080. The molecular weight excluding hydrogens is 562 g/mol. The summed E-state index contributed by atoms with van der Waals surface area (Å²) in [5, 5.41) is 19.0. The number of amides is 5. The normalized spacial score (nSPS) is 23.1. The molecule has 4 N–H and O–H groups in total. The Morgan fingerprint density at radius 3 is 2.45 bits per heavy atom. The van der Waals surface area contributed by atoms with Crippen LogP contribution in [0.5, 0.6) is 5.75 Å². The van der Waals surface area contributed by atoms with Crippen molar-refractivity contribution in [3.8, 4) is 5.75 Å². The third-order valence-electron chi connectivity index (χ3n) is 8.46. The molecule has 248 valence electrons. The molecule has 0 unspecified atom stereocenters. The Hall–Kier alpha value is -3.05. The minimum atomic E-state index is -0.489. The number of hydrogen-bond donors (Lipinski definition) is 4. The van der Waals surface area contributed by atoms with Crippen molar-refractivity contribution in [3.63, 3.8) is 0 Å². The zero-order valence-corrected chi connectivity index (χ0v) is 27.6. The van der Waals surface area contributed by atoms with Gasteiger partial charge in [-0.2, -0.15) is 0 Å². The zero-order valence-electron chi connectivity index (χ0n) is 27.6. The molecule has 1 aliphatic heterocycles. The van der Waals surface area contributed by atoms with Crippen LogP contribution in [-0.4, -0.2) is 96.6 Å². The van der Waals surface area contributed by atoms with E-state index in [4.69, 9.17) is 9.47 Å². The van der Waals surface area contributed by atoms with Gasteiger partial charge in [0, 0.05) is 50.4 Å². The van der Waals surface area contributed by atoms with Crippen molar-refractivity contribution in [3.05, 3.63) is 23.8 Å². The minimum absolute atomic E-state index is 0.00722. The molecule has 0 bridgehead atoms. The molecule has 1 heterocycles. The van der Waals surface area contributed by atoms with Gasteiger partial charge in [0.15, 0.2) is 0 Å². The second-order valence-corrected chi connectivity index (χ2v) is 12.9. The highest BCUT2D eigenvalue weighted by atomic mass is 16.5. The molecule has 1 fully saturated rings. The molecule has 5 amide bonds. The Morgan fingerprint density at radius 1 is 1.07 bits per heavy atom. The zero-order chi connectivity index (χ0) is 32.2. The van der Waals surface area contributed by atoms with E-state index in [0.29, 0.717) is 36.7 Å². The van der Waals surface area contributed by atoms with E-state index in [2.05, 4.69) is 16.0 Å². The van der Waals surface area contributed by atoms with E-state index < -0.39 is 6.04 Å².